The first kappa shape index (κ1) is 16.4. The summed E-state index contributed by atoms with van der Waals surface area (Å²) in [6.45, 7) is 1.33. The summed E-state index contributed by atoms with van der Waals surface area (Å²) in [6, 6.07) is 10.2. The lowest BCUT2D eigenvalue weighted by atomic mass is 9.97. The Morgan fingerprint density at radius 2 is 2.00 bits per heavy atom. The number of hydrogen-bond donors (Lipinski definition) is 1. The molecule has 1 saturated heterocycles. The fourth-order valence-electron chi connectivity index (χ4n) is 3.65. The second-order valence-corrected chi connectivity index (χ2v) is 6.92. The number of fused-ring (bicyclic) bond motifs is 1. The minimum absolute atomic E-state index is 0.242. The van der Waals surface area contributed by atoms with Crippen molar-refractivity contribution in [3.8, 4) is 0 Å². The van der Waals surface area contributed by atoms with Gasteiger partial charge in [-0.15, -0.1) is 0 Å². The van der Waals surface area contributed by atoms with E-state index in [2.05, 4.69) is 10.3 Å². The first-order valence-corrected chi connectivity index (χ1v) is 8.69. The molecule has 0 radical (unpaired) electrons. The molecule has 4 rings (SSSR count). The van der Waals surface area contributed by atoms with Crippen molar-refractivity contribution in [1.82, 2.24) is 15.2 Å². The molecule has 1 fully saturated rings. The summed E-state index contributed by atoms with van der Waals surface area (Å²) in [6.07, 6.45) is 4.68. The van der Waals surface area contributed by atoms with Crippen LogP contribution in [0.2, 0.25) is 0 Å². The van der Waals surface area contributed by atoms with Gasteiger partial charge in [0.25, 0.3) is 5.91 Å². The lowest BCUT2D eigenvalue weighted by Gasteiger charge is -2.20. The van der Waals surface area contributed by atoms with Crippen molar-refractivity contribution in [2.24, 2.45) is 0 Å². The van der Waals surface area contributed by atoms with E-state index >= 15 is 0 Å². The van der Waals surface area contributed by atoms with E-state index in [4.69, 9.17) is 0 Å². The number of carbonyl (C=O) groups excluding carboxylic acids is 3. The van der Waals surface area contributed by atoms with Crippen molar-refractivity contribution >= 4 is 17.7 Å². The van der Waals surface area contributed by atoms with E-state index < -0.39 is 17.5 Å². The zero-order valence-electron chi connectivity index (χ0n) is 14.5. The lowest BCUT2D eigenvalue weighted by Crippen LogP contribution is -2.42. The number of imide groups is 1. The molecule has 6 nitrogen and oxygen atoms in total. The molecule has 0 bridgehead atoms. The van der Waals surface area contributed by atoms with Gasteiger partial charge in [0, 0.05) is 11.8 Å². The van der Waals surface area contributed by atoms with Crippen LogP contribution in [0.1, 0.15) is 40.5 Å². The molecule has 1 N–H and O–H groups in total. The third-order valence-electron chi connectivity index (χ3n) is 5.17. The maximum Gasteiger partial charge on any atom is 0.325 e. The average Bonchev–Trinajstić information content (AvgIpc) is 3.20. The minimum Gasteiger partial charge on any atom is -0.318 e. The van der Waals surface area contributed by atoms with Crippen LogP contribution in [0.3, 0.4) is 0 Å². The molecule has 1 aromatic carbocycles. The molecule has 0 spiro atoms. The van der Waals surface area contributed by atoms with Crippen LogP contribution in [-0.2, 0) is 23.2 Å². The van der Waals surface area contributed by atoms with Gasteiger partial charge in [-0.2, -0.15) is 0 Å². The predicted molar refractivity (Wildman–Crippen MR) is 94.6 cm³/mol. The predicted octanol–water partition coefficient (Wildman–Crippen LogP) is 2.22. The highest BCUT2D eigenvalue weighted by atomic mass is 16.2. The summed E-state index contributed by atoms with van der Waals surface area (Å²) in [4.78, 5) is 43.0. The van der Waals surface area contributed by atoms with Crippen LogP contribution in [0.4, 0.5) is 4.79 Å². The number of ketones is 1. The molecule has 3 amide bonds. The number of aromatic nitrogens is 1. The van der Waals surface area contributed by atoms with E-state index in [1.807, 2.05) is 12.1 Å². The Balaban J connectivity index is 1.56. The zero-order valence-corrected chi connectivity index (χ0v) is 14.5. The van der Waals surface area contributed by atoms with Gasteiger partial charge in [-0.1, -0.05) is 18.2 Å². The van der Waals surface area contributed by atoms with Gasteiger partial charge < -0.3 is 5.32 Å². The molecule has 0 saturated carbocycles. The molecule has 1 unspecified atom stereocenters. The van der Waals surface area contributed by atoms with Gasteiger partial charge in [-0.3, -0.25) is 19.5 Å². The first-order valence-electron chi connectivity index (χ1n) is 8.69. The Labute approximate surface area is 151 Å². The topological polar surface area (TPSA) is 79.4 Å². The highest BCUT2D eigenvalue weighted by Crippen LogP contribution is 2.28. The normalized spacial score (nSPS) is 21.7. The smallest absolute Gasteiger partial charge is 0.318 e. The van der Waals surface area contributed by atoms with E-state index in [-0.39, 0.29) is 12.3 Å². The largest absolute Gasteiger partial charge is 0.325 e. The number of Topliss-reactive ketones (excluding diaryl/α,β-unsaturated/α-hetero) is 1. The molecule has 1 aliphatic heterocycles. The number of hydrogen-bond acceptors (Lipinski definition) is 4. The second kappa shape index (κ2) is 6.05. The number of aryl methyl sites for hydroxylation is 2. The van der Waals surface area contributed by atoms with E-state index in [1.165, 1.54) is 11.1 Å². The van der Waals surface area contributed by atoms with Crippen molar-refractivity contribution in [2.45, 2.75) is 31.7 Å². The molecular weight excluding hydrogens is 330 g/mol. The number of nitrogens with one attached hydrogen (secondary N) is 1. The molecule has 2 aromatic rings. The van der Waals surface area contributed by atoms with Crippen LogP contribution in [0, 0.1) is 0 Å². The second-order valence-electron chi connectivity index (χ2n) is 6.92. The SMILES string of the molecule is CC1(c2ccccn2)NC(=O)N(CC(=O)c2ccc3c(c2)CCC3)C1=O. The Morgan fingerprint density at radius 1 is 1.19 bits per heavy atom. The van der Waals surface area contributed by atoms with Crippen LogP contribution in [0.15, 0.2) is 42.6 Å². The molecule has 2 heterocycles. The number of pyridine rings is 1. The lowest BCUT2D eigenvalue weighted by molar-refractivity contribution is -0.130. The summed E-state index contributed by atoms with van der Waals surface area (Å²) in [5.74, 6) is -0.704. The highest BCUT2D eigenvalue weighted by molar-refractivity contribution is 6.11. The number of benzene rings is 1. The Morgan fingerprint density at radius 3 is 2.77 bits per heavy atom. The van der Waals surface area contributed by atoms with Crippen LogP contribution < -0.4 is 5.32 Å². The summed E-state index contributed by atoms with van der Waals surface area (Å²) >= 11 is 0. The first-order chi connectivity index (χ1) is 12.5. The van der Waals surface area contributed by atoms with Gasteiger partial charge in [-0.25, -0.2) is 4.79 Å². The molecule has 2 aliphatic rings. The summed E-state index contributed by atoms with van der Waals surface area (Å²) < 4.78 is 0. The molecule has 26 heavy (non-hydrogen) atoms. The quantitative estimate of drug-likeness (QED) is 0.678. The molecule has 1 atom stereocenters. The summed E-state index contributed by atoms with van der Waals surface area (Å²) in [5.41, 5.74) is 2.20. The van der Waals surface area contributed by atoms with E-state index in [0.717, 1.165) is 24.2 Å². The van der Waals surface area contributed by atoms with Gasteiger partial charge in [0.15, 0.2) is 11.3 Å². The van der Waals surface area contributed by atoms with Gasteiger partial charge >= 0.3 is 6.03 Å². The molecule has 132 valence electrons. The van der Waals surface area contributed by atoms with Crippen LogP contribution in [-0.4, -0.2) is 34.2 Å². The highest BCUT2D eigenvalue weighted by Gasteiger charge is 2.50. The number of urea groups is 1. The van der Waals surface area contributed by atoms with Gasteiger partial charge in [0.1, 0.15) is 0 Å². The van der Waals surface area contributed by atoms with E-state index in [9.17, 15) is 14.4 Å². The monoisotopic (exact) mass is 349 g/mol. The van der Waals surface area contributed by atoms with Crippen LogP contribution in [0.5, 0.6) is 0 Å². The van der Waals surface area contributed by atoms with Gasteiger partial charge in [-0.05, 0) is 55.5 Å². The van der Waals surface area contributed by atoms with Crippen molar-refractivity contribution in [3.63, 3.8) is 0 Å². The summed E-state index contributed by atoms with van der Waals surface area (Å²) in [7, 11) is 0. The fourth-order valence-corrected chi connectivity index (χ4v) is 3.65. The number of nitrogens with zero attached hydrogens (tertiary/aromatic N) is 2. The van der Waals surface area contributed by atoms with E-state index in [0.29, 0.717) is 11.3 Å². The zero-order chi connectivity index (χ0) is 18.3. The molecule has 1 aromatic heterocycles. The van der Waals surface area contributed by atoms with Crippen molar-refractivity contribution < 1.29 is 14.4 Å². The molecular formula is C20H19N3O3. The average molecular weight is 349 g/mol. The van der Waals surface area contributed by atoms with Crippen molar-refractivity contribution in [1.29, 1.82) is 0 Å². The Kier molecular flexibility index (Phi) is 3.83. The van der Waals surface area contributed by atoms with E-state index in [1.54, 1.807) is 37.4 Å². The Hall–Kier alpha value is -3.02. The standard InChI is InChI=1S/C20H19N3O3/c1-20(17-7-2-3-10-21-17)18(25)23(19(26)22-20)12-16(24)15-9-8-13-5-4-6-14(13)11-15/h2-3,7-11H,4-6,12H2,1H3,(H,22,26). The third kappa shape index (κ3) is 2.58. The number of rotatable bonds is 4. The van der Waals surface area contributed by atoms with Crippen molar-refractivity contribution in [3.05, 3.63) is 65.0 Å². The maximum absolute atomic E-state index is 12.8. The van der Waals surface area contributed by atoms with Gasteiger partial charge in [0.05, 0.1) is 12.2 Å². The Bertz CT molecular complexity index is 910. The maximum atomic E-state index is 12.8. The fraction of sp³-hybridized carbons (Fsp3) is 0.300. The number of carbonyl (C=O) groups is 3. The molecule has 6 heteroatoms. The number of amides is 3. The molecule has 1 aliphatic carbocycles. The third-order valence-corrected chi connectivity index (χ3v) is 5.17. The van der Waals surface area contributed by atoms with Crippen molar-refractivity contribution in [2.75, 3.05) is 6.54 Å². The van der Waals surface area contributed by atoms with Gasteiger partial charge in [0.2, 0.25) is 0 Å². The van der Waals surface area contributed by atoms with Crippen LogP contribution in [0.25, 0.3) is 0 Å². The van der Waals surface area contributed by atoms with Crippen LogP contribution >= 0.6 is 0 Å². The summed E-state index contributed by atoms with van der Waals surface area (Å²) in [5, 5.41) is 2.67. The minimum atomic E-state index is -1.25.